The molecule has 1 unspecified atom stereocenters. The third-order valence-electron chi connectivity index (χ3n) is 4.33. The van der Waals surface area contributed by atoms with Crippen LogP contribution in [0.1, 0.15) is 17.3 Å². The van der Waals surface area contributed by atoms with Gasteiger partial charge in [-0.1, -0.05) is 11.6 Å². The van der Waals surface area contributed by atoms with Gasteiger partial charge in [0, 0.05) is 24.0 Å². The van der Waals surface area contributed by atoms with Crippen molar-refractivity contribution < 1.29 is 32.8 Å². The van der Waals surface area contributed by atoms with E-state index in [4.69, 9.17) is 26.1 Å². The molecule has 34 heavy (non-hydrogen) atoms. The number of carbonyl (C=O) groups is 1. The molecule has 0 bridgehead atoms. The number of phosphoric acid groups is 1. The quantitative estimate of drug-likeness (QED) is 0.314. The first-order chi connectivity index (χ1) is 16.1. The van der Waals surface area contributed by atoms with Crippen molar-refractivity contribution in [2.45, 2.75) is 13.0 Å². The van der Waals surface area contributed by atoms with Gasteiger partial charge in [-0.05, 0) is 31.2 Å². The molecule has 11 nitrogen and oxygen atoms in total. The minimum Gasteiger partial charge on any atom is -0.491 e. The largest absolute Gasteiger partial charge is 0.491 e. The van der Waals surface area contributed by atoms with Crippen LogP contribution in [-0.2, 0) is 9.09 Å². The predicted molar refractivity (Wildman–Crippen MR) is 121 cm³/mol. The van der Waals surface area contributed by atoms with Gasteiger partial charge in [-0.25, -0.2) is 18.9 Å². The van der Waals surface area contributed by atoms with Crippen LogP contribution < -0.4 is 15.4 Å². The highest BCUT2D eigenvalue weighted by atomic mass is 35.5. The standard InChI is InChI=1S/C20H20ClFN5O6P/c1-11(33-34(29,30)31)8-25-20(28)14-9-23-6-5-16(14)26-19-17(32-2)10-24-18(27-19)13-7-12(21)3-4-15(13)22/h3-7,9-11H,8H2,1-2H3,(H,25,28)(H2,29,30,31)(H,23,24,26,27). The summed E-state index contributed by atoms with van der Waals surface area (Å²) in [6.07, 6.45) is 3.11. The van der Waals surface area contributed by atoms with Crippen molar-refractivity contribution in [2.75, 3.05) is 19.0 Å². The van der Waals surface area contributed by atoms with Gasteiger partial charge in [0.15, 0.2) is 17.4 Å². The maximum atomic E-state index is 14.3. The summed E-state index contributed by atoms with van der Waals surface area (Å²) in [5, 5.41) is 5.77. The molecule has 0 radical (unpaired) electrons. The van der Waals surface area contributed by atoms with E-state index in [0.717, 1.165) is 0 Å². The number of nitrogens with one attached hydrogen (secondary N) is 2. The number of halogens is 2. The molecule has 0 fully saturated rings. The molecule has 2 heterocycles. The monoisotopic (exact) mass is 511 g/mol. The van der Waals surface area contributed by atoms with Crippen molar-refractivity contribution in [1.29, 1.82) is 0 Å². The topological polar surface area (TPSA) is 156 Å². The van der Waals surface area contributed by atoms with Crippen LogP contribution in [0, 0.1) is 5.82 Å². The number of anilines is 2. The lowest BCUT2D eigenvalue weighted by Crippen LogP contribution is -2.32. The molecule has 3 aromatic rings. The first-order valence-electron chi connectivity index (χ1n) is 9.67. The highest BCUT2D eigenvalue weighted by Crippen LogP contribution is 2.37. The summed E-state index contributed by atoms with van der Waals surface area (Å²) in [5.41, 5.74) is 0.456. The van der Waals surface area contributed by atoms with Crippen LogP contribution in [0.5, 0.6) is 5.75 Å². The van der Waals surface area contributed by atoms with Crippen molar-refractivity contribution >= 4 is 36.8 Å². The molecule has 3 rings (SSSR count). The zero-order valence-electron chi connectivity index (χ0n) is 17.9. The molecular formula is C20H20ClFN5O6P. The number of phosphoric ester groups is 1. The van der Waals surface area contributed by atoms with Gasteiger partial charge in [0.2, 0.25) is 0 Å². The molecular weight excluding hydrogens is 492 g/mol. The fraction of sp³-hybridized carbons (Fsp3) is 0.200. The van der Waals surface area contributed by atoms with E-state index >= 15 is 0 Å². The number of benzene rings is 1. The Bertz CT molecular complexity index is 1240. The van der Waals surface area contributed by atoms with Crippen LogP contribution in [-0.4, -0.2) is 50.4 Å². The molecule has 1 aromatic carbocycles. The fourth-order valence-corrected chi connectivity index (χ4v) is 3.54. The van der Waals surface area contributed by atoms with E-state index in [1.807, 2.05) is 0 Å². The molecule has 0 aliphatic rings. The van der Waals surface area contributed by atoms with Gasteiger partial charge < -0.3 is 25.2 Å². The number of nitrogens with zero attached hydrogens (tertiary/aromatic N) is 3. The van der Waals surface area contributed by atoms with E-state index in [1.54, 1.807) is 0 Å². The van der Waals surface area contributed by atoms with E-state index in [9.17, 15) is 13.8 Å². The summed E-state index contributed by atoms with van der Waals surface area (Å²) in [5.74, 6) is -0.767. The lowest BCUT2D eigenvalue weighted by molar-refractivity contribution is 0.0911. The lowest BCUT2D eigenvalue weighted by atomic mass is 10.2. The SMILES string of the molecule is COc1cnc(-c2cc(Cl)ccc2F)nc1Nc1ccncc1C(=O)NCC(C)OP(=O)(O)O. The average molecular weight is 512 g/mol. The Balaban J connectivity index is 1.86. The molecule has 180 valence electrons. The molecule has 0 saturated heterocycles. The van der Waals surface area contributed by atoms with Crippen LogP contribution in [0.15, 0.2) is 42.9 Å². The Morgan fingerprint density at radius 2 is 2.06 bits per heavy atom. The maximum absolute atomic E-state index is 14.3. The van der Waals surface area contributed by atoms with Crippen molar-refractivity contribution in [3.8, 4) is 17.1 Å². The normalized spacial score (nSPS) is 12.2. The second-order valence-electron chi connectivity index (χ2n) is 6.90. The van der Waals surface area contributed by atoms with Crippen LogP contribution >= 0.6 is 19.4 Å². The summed E-state index contributed by atoms with van der Waals surface area (Å²) in [6, 6.07) is 5.48. The van der Waals surface area contributed by atoms with E-state index in [2.05, 4.69) is 30.1 Å². The third kappa shape index (κ3) is 6.69. The highest BCUT2D eigenvalue weighted by molar-refractivity contribution is 7.46. The van der Waals surface area contributed by atoms with Gasteiger partial charge in [-0.3, -0.25) is 14.3 Å². The second kappa shape index (κ2) is 10.9. The van der Waals surface area contributed by atoms with Crippen molar-refractivity contribution in [2.24, 2.45) is 0 Å². The summed E-state index contributed by atoms with van der Waals surface area (Å²) in [4.78, 5) is 42.8. The van der Waals surface area contributed by atoms with E-state index in [-0.39, 0.29) is 40.8 Å². The maximum Gasteiger partial charge on any atom is 0.469 e. The smallest absolute Gasteiger partial charge is 0.469 e. The Kier molecular flexibility index (Phi) is 8.13. The number of pyridine rings is 1. The molecule has 0 saturated carbocycles. The molecule has 4 N–H and O–H groups in total. The van der Waals surface area contributed by atoms with Gasteiger partial charge in [-0.2, -0.15) is 0 Å². The molecule has 2 aromatic heterocycles. The second-order valence-corrected chi connectivity index (χ2v) is 8.53. The van der Waals surface area contributed by atoms with Gasteiger partial charge in [0.25, 0.3) is 5.91 Å². The minimum atomic E-state index is -4.69. The van der Waals surface area contributed by atoms with Crippen LogP contribution in [0.2, 0.25) is 5.02 Å². The zero-order valence-corrected chi connectivity index (χ0v) is 19.5. The lowest BCUT2D eigenvalue weighted by Gasteiger charge is -2.16. The van der Waals surface area contributed by atoms with E-state index < -0.39 is 25.7 Å². The highest BCUT2D eigenvalue weighted by Gasteiger charge is 2.21. The Morgan fingerprint density at radius 3 is 2.76 bits per heavy atom. The molecule has 1 amide bonds. The Hall–Kier alpha value is -3.15. The fourth-order valence-electron chi connectivity index (χ4n) is 2.82. The third-order valence-corrected chi connectivity index (χ3v) is 5.20. The first-order valence-corrected chi connectivity index (χ1v) is 11.6. The zero-order chi connectivity index (χ0) is 24.9. The summed E-state index contributed by atoms with van der Waals surface area (Å²) in [7, 11) is -3.30. The number of rotatable bonds is 9. The Morgan fingerprint density at radius 1 is 1.29 bits per heavy atom. The van der Waals surface area contributed by atoms with Crippen molar-refractivity contribution in [3.63, 3.8) is 0 Å². The van der Waals surface area contributed by atoms with Crippen LogP contribution in [0.3, 0.4) is 0 Å². The first kappa shape index (κ1) is 25.5. The summed E-state index contributed by atoms with van der Waals surface area (Å²) >= 11 is 5.97. The van der Waals surface area contributed by atoms with Gasteiger partial charge in [0.1, 0.15) is 5.82 Å². The van der Waals surface area contributed by atoms with Crippen LogP contribution in [0.4, 0.5) is 15.9 Å². The molecule has 14 heteroatoms. The predicted octanol–water partition coefficient (Wildman–Crippen LogP) is 3.31. The number of amides is 1. The molecule has 1 atom stereocenters. The molecule has 0 spiro atoms. The molecule has 0 aliphatic carbocycles. The van der Waals surface area contributed by atoms with Gasteiger partial charge in [-0.15, -0.1) is 0 Å². The Labute approximate surface area is 198 Å². The van der Waals surface area contributed by atoms with Gasteiger partial charge in [0.05, 0.1) is 36.2 Å². The number of hydrogen-bond acceptors (Lipinski definition) is 8. The summed E-state index contributed by atoms with van der Waals surface area (Å²) in [6.45, 7) is 1.22. The number of carbonyl (C=O) groups excluding carboxylic acids is 1. The average Bonchev–Trinajstić information content (AvgIpc) is 2.78. The number of aromatic nitrogens is 3. The number of hydrogen-bond donors (Lipinski definition) is 4. The van der Waals surface area contributed by atoms with E-state index in [1.165, 1.54) is 56.9 Å². The summed E-state index contributed by atoms with van der Waals surface area (Å²) < 4.78 is 35.0. The van der Waals surface area contributed by atoms with Crippen molar-refractivity contribution in [3.05, 3.63) is 59.3 Å². The number of ether oxygens (including phenoxy) is 1. The van der Waals surface area contributed by atoms with Crippen LogP contribution in [0.25, 0.3) is 11.4 Å². The molecule has 0 aliphatic heterocycles. The number of methoxy groups -OCH3 is 1. The minimum absolute atomic E-state index is 0.0340. The van der Waals surface area contributed by atoms with E-state index in [0.29, 0.717) is 5.02 Å². The van der Waals surface area contributed by atoms with Gasteiger partial charge >= 0.3 is 7.82 Å². The van der Waals surface area contributed by atoms with Crippen molar-refractivity contribution in [1.82, 2.24) is 20.3 Å².